The Morgan fingerprint density at radius 3 is 2.67 bits per heavy atom. The molecule has 1 spiro atoms. The van der Waals surface area contributed by atoms with Gasteiger partial charge in [0.25, 0.3) is 5.91 Å². The predicted molar refractivity (Wildman–Crippen MR) is 118 cm³/mol. The van der Waals surface area contributed by atoms with Gasteiger partial charge in [0.1, 0.15) is 10.7 Å². The summed E-state index contributed by atoms with van der Waals surface area (Å²) in [6, 6.07) is 12.6. The van der Waals surface area contributed by atoms with Gasteiger partial charge in [-0.1, -0.05) is 18.2 Å². The zero-order valence-corrected chi connectivity index (χ0v) is 17.6. The highest BCUT2D eigenvalue weighted by Crippen LogP contribution is 2.54. The standard InChI is InChI=1S/C24H20N4OS/c1-15-18(4-3-9-25-15)16-5-6-19-20(12-16)28-14-17(22-26-10-11-30-22)13-21(28)23(29)27(2)24(19)7-8-24/h3-6,9-14H,7-8H2,1-2H3. The molecule has 1 fully saturated rings. The highest BCUT2D eigenvalue weighted by atomic mass is 32.1. The van der Waals surface area contributed by atoms with Crippen LogP contribution >= 0.6 is 11.3 Å². The van der Waals surface area contributed by atoms with Crippen LogP contribution in [-0.2, 0) is 5.54 Å². The Morgan fingerprint density at radius 1 is 1.07 bits per heavy atom. The largest absolute Gasteiger partial charge is 0.331 e. The van der Waals surface area contributed by atoms with Gasteiger partial charge in [0, 0.05) is 53.4 Å². The lowest BCUT2D eigenvalue weighted by atomic mass is 9.96. The van der Waals surface area contributed by atoms with E-state index in [1.807, 2.05) is 42.6 Å². The van der Waals surface area contributed by atoms with Crippen LogP contribution in [-0.4, -0.2) is 32.4 Å². The van der Waals surface area contributed by atoms with Crippen molar-refractivity contribution < 1.29 is 4.79 Å². The maximum atomic E-state index is 13.4. The van der Waals surface area contributed by atoms with Gasteiger partial charge in [-0.3, -0.25) is 9.78 Å². The van der Waals surface area contributed by atoms with E-state index in [4.69, 9.17) is 0 Å². The summed E-state index contributed by atoms with van der Waals surface area (Å²) in [4.78, 5) is 24.3. The smallest absolute Gasteiger partial charge is 0.271 e. The number of nitrogens with zero attached hydrogens (tertiary/aromatic N) is 4. The molecule has 0 radical (unpaired) electrons. The van der Waals surface area contributed by atoms with Crippen LogP contribution in [0.1, 0.15) is 34.6 Å². The fourth-order valence-electron chi connectivity index (χ4n) is 4.66. The van der Waals surface area contributed by atoms with Crippen molar-refractivity contribution in [3.05, 3.63) is 77.3 Å². The van der Waals surface area contributed by atoms with Crippen LogP contribution in [0.4, 0.5) is 0 Å². The molecule has 0 atom stereocenters. The number of aromatic nitrogens is 3. The molecule has 0 saturated heterocycles. The molecule has 6 rings (SSSR count). The van der Waals surface area contributed by atoms with Crippen molar-refractivity contribution in [2.24, 2.45) is 0 Å². The third-order valence-corrected chi connectivity index (χ3v) is 7.29. The van der Waals surface area contributed by atoms with Crippen molar-refractivity contribution in [3.63, 3.8) is 0 Å². The second-order valence-corrected chi connectivity index (χ2v) is 8.98. The number of pyridine rings is 1. The molecule has 4 heterocycles. The van der Waals surface area contributed by atoms with Crippen LogP contribution in [0.2, 0.25) is 0 Å². The minimum atomic E-state index is -0.199. The molecule has 5 nitrogen and oxygen atoms in total. The van der Waals surface area contributed by atoms with Crippen molar-refractivity contribution in [3.8, 4) is 27.4 Å². The van der Waals surface area contributed by atoms with E-state index in [0.29, 0.717) is 5.69 Å². The van der Waals surface area contributed by atoms with E-state index in [9.17, 15) is 4.79 Å². The lowest BCUT2D eigenvalue weighted by molar-refractivity contribution is 0.0705. The van der Waals surface area contributed by atoms with Gasteiger partial charge in [0.05, 0.1) is 11.2 Å². The maximum absolute atomic E-state index is 13.4. The maximum Gasteiger partial charge on any atom is 0.271 e. The molecule has 0 unspecified atom stereocenters. The normalized spacial score (nSPS) is 16.3. The molecular formula is C24H20N4OS. The van der Waals surface area contributed by atoms with Crippen LogP contribution in [0.25, 0.3) is 27.4 Å². The molecule has 1 amide bonds. The summed E-state index contributed by atoms with van der Waals surface area (Å²) in [7, 11) is 1.93. The molecule has 1 aliphatic heterocycles. The average Bonchev–Trinajstić information content (AvgIpc) is 3.19. The minimum absolute atomic E-state index is 0.0608. The van der Waals surface area contributed by atoms with Crippen molar-refractivity contribution in [1.82, 2.24) is 19.4 Å². The first-order chi connectivity index (χ1) is 14.6. The zero-order chi connectivity index (χ0) is 20.5. The number of hydrogen-bond donors (Lipinski definition) is 0. The Morgan fingerprint density at radius 2 is 1.93 bits per heavy atom. The van der Waals surface area contributed by atoms with E-state index in [-0.39, 0.29) is 11.4 Å². The minimum Gasteiger partial charge on any atom is -0.331 e. The van der Waals surface area contributed by atoms with Crippen molar-refractivity contribution in [1.29, 1.82) is 0 Å². The average molecular weight is 413 g/mol. The first-order valence-electron chi connectivity index (χ1n) is 10.1. The fraction of sp³-hybridized carbons (Fsp3) is 0.208. The quantitative estimate of drug-likeness (QED) is 0.463. The second kappa shape index (κ2) is 6.12. The number of benzene rings is 1. The molecule has 3 aromatic heterocycles. The number of hydrogen-bond acceptors (Lipinski definition) is 4. The van der Waals surface area contributed by atoms with Crippen molar-refractivity contribution in [2.75, 3.05) is 7.05 Å². The predicted octanol–water partition coefficient (Wildman–Crippen LogP) is 5.05. The molecule has 2 aliphatic rings. The number of carbonyl (C=O) groups excluding carboxylic acids is 1. The second-order valence-electron chi connectivity index (χ2n) is 8.09. The summed E-state index contributed by atoms with van der Waals surface area (Å²) >= 11 is 1.58. The summed E-state index contributed by atoms with van der Waals surface area (Å²) < 4.78 is 2.06. The van der Waals surface area contributed by atoms with Gasteiger partial charge < -0.3 is 9.47 Å². The SMILES string of the molecule is Cc1ncccc1-c1ccc2c(c1)-n1cc(-c3nccs3)cc1C(=O)N(C)C21CC1. The monoisotopic (exact) mass is 412 g/mol. The number of fused-ring (bicyclic) bond motifs is 4. The van der Waals surface area contributed by atoms with Crippen LogP contribution in [0.3, 0.4) is 0 Å². The summed E-state index contributed by atoms with van der Waals surface area (Å²) in [5.74, 6) is 0.0608. The van der Waals surface area contributed by atoms with E-state index in [2.05, 4.69) is 45.0 Å². The molecule has 30 heavy (non-hydrogen) atoms. The highest BCUT2D eigenvalue weighted by molar-refractivity contribution is 7.13. The summed E-state index contributed by atoms with van der Waals surface area (Å²) in [6.07, 6.45) is 7.67. The van der Waals surface area contributed by atoms with E-state index in [1.54, 1.807) is 17.5 Å². The Bertz CT molecular complexity index is 1300. The first-order valence-corrected chi connectivity index (χ1v) is 10.9. The Hall–Kier alpha value is -3.25. The Kier molecular flexibility index (Phi) is 3.59. The third kappa shape index (κ3) is 2.37. The lowest BCUT2D eigenvalue weighted by Crippen LogP contribution is -2.36. The molecule has 0 N–H and O–H groups in total. The number of thiazole rings is 1. The first kappa shape index (κ1) is 17.6. The topological polar surface area (TPSA) is 51.0 Å². The molecule has 1 aromatic carbocycles. The molecule has 6 heteroatoms. The van der Waals surface area contributed by atoms with Crippen LogP contribution in [0, 0.1) is 6.92 Å². The summed E-state index contributed by atoms with van der Waals surface area (Å²) in [6.45, 7) is 2.03. The van der Waals surface area contributed by atoms with Gasteiger partial charge in [-0.15, -0.1) is 11.3 Å². The number of carbonyl (C=O) groups is 1. The van der Waals surface area contributed by atoms with Gasteiger partial charge in [-0.25, -0.2) is 4.98 Å². The molecule has 1 saturated carbocycles. The van der Waals surface area contributed by atoms with Gasteiger partial charge >= 0.3 is 0 Å². The summed E-state index contributed by atoms with van der Waals surface area (Å²) in [5.41, 5.74) is 6.97. The van der Waals surface area contributed by atoms with Crippen LogP contribution < -0.4 is 0 Å². The van der Waals surface area contributed by atoms with Crippen molar-refractivity contribution in [2.45, 2.75) is 25.3 Å². The zero-order valence-electron chi connectivity index (χ0n) is 16.8. The number of aryl methyl sites for hydroxylation is 1. The van der Waals surface area contributed by atoms with Gasteiger partial charge in [-0.2, -0.15) is 0 Å². The van der Waals surface area contributed by atoms with E-state index in [0.717, 1.165) is 45.9 Å². The van der Waals surface area contributed by atoms with E-state index < -0.39 is 0 Å². The van der Waals surface area contributed by atoms with Gasteiger partial charge in [-0.05, 0) is 43.5 Å². The molecule has 0 bridgehead atoms. The lowest BCUT2D eigenvalue weighted by Gasteiger charge is -2.27. The van der Waals surface area contributed by atoms with Crippen LogP contribution in [0.15, 0.2) is 60.4 Å². The Labute approximate surface area is 178 Å². The van der Waals surface area contributed by atoms with Gasteiger partial charge in [0.2, 0.25) is 0 Å². The van der Waals surface area contributed by atoms with E-state index >= 15 is 0 Å². The number of rotatable bonds is 2. The fourth-order valence-corrected chi connectivity index (χ4v) is 5.28. The Balaban J connectivity index is 1.62. The summed E-state index contributed by atoms with van der Waals surface area (Å²) in [5, 5.41) is 2.88. The van der Waals surface area contributed by atoms with Gasteiger partial charge in [0.15, 0.2) is 0 Å². The molecular weight excluding hydrogens is 392 g/mol. The molecule has 148 valence electrons. The number of amides is 1. The molecule has 1 aliphatic carbocycles. The third-order valence-electron chi connectivity index (χ3n) is 6.47. The van der Waals surface area contributed by atoms with Crippen molar-refractivity contribution >= 4 is 17.2 Å². The van der Waals surface area contributed by atoms with E-state index in [1.165, 1.54) is 5.56 Å². The van der Waals surface area contributed by atoms with Crippen LogP contribution in [0.5, 0.6) is 0 Å². The highest BCUT2D eigenvalue weighted by Gasteiger charge is 2.53. The molecule has 4 aromatic rings.